The summed E-state index contributed by atoms with van der Waals surface area (Å²) in [7, 11) is 0. The monoisotopic (exact) mass is 275 g/mol. The molecule has 0 unspecified atom stereocenters. The minimum atomic E-state index is -0.348. The molecule has 106 valence electrons. The zero-order valence-electron chi connectivity index (χ0n) is 12.1. The molecule has 0 heterocycles. The number of hydrogen-bond acceptors (Lipinski definition) is 1. The molecule has 2 rings (SSSR count). The first kappa shape index (κ1) is 14.7. The summed E-state index contributed by atoms with van der Waals surface area (Å²) in [6, 6.07) is 7.95. The standard InChI is InChI=1S/C17H19F2N/c1-4-20-10-13-5-6-14(18)9-15(13)17-12(3)7-11(2)8-16(17)19/h5-9,20H,4,10H2,1-3H3. The van der Waals surface area contributed by atoms with Crippen molar-refractivity contribution < 1.29 is 8.78 Å². The van der Waals surface area contributed by atoms with Gasteiger partial charge < -0.3 is 5.32 Å². The van der Waals surface area contributed by atoms with Crippen LogP contribution in [-0.2, 0) is 6.54 Å². The maximum absolute atomic E-state index is 14.3. The molecule has 1 N–H and O–H groups in total. The van der Waals surface area contributed by atoms with Crippen LogP contribution < -0.4 is 5.32 Å². The van der Waals surface area contributed by atoms with Gasteiger partial charge >= 0.3 is 0 Å². The SMILES string of the molecule is CCNCc1ccc(F)cc1-c1c(C)cc(C)cc1F. The summed E-state index contributed by atoms with van der Waals surface area (Å²) >= 11 is 0. The van der Waals surface area contributed by atoms with E-state index < -0.39 is 0 Å². The zero-order valence-corrected chi connectivity index (χ0v) is 12.1. The Bertz CT molecular complexity index is 597. The van der Waals surface area contributed by atoms with Crippen molar-refractivity contribution in [1.82, 2.24) is 5.32 Å². The molecule has 0 aliphatic carbocycles. The van der Waals surface area contributed by atoms with Gasteiger partial charge in [-0.2, -0.15) is 0 Å². The van der Waals surface area contributed by atoms with Crippen molar-refractivity contribution in [2.75, 3.05) is 6.54 Å². The normalized spacial score (nSPS) is 10.8. The fraction of sp³-hybridized carbons (Fsp3) is 0.294. The third-order valence-electron chi connectivity index (χ3n) is 3.34. The van der Waals surface area contributed by atoms with E-state index in [0.717, 1.165) is 23.2 Å². The fourth-order valence-corrected chi connectivity index (χ4v) is 2.45. The highest BCUT2D eigenvalue weighted by Gasteiger charge is 2.14. The van der Waals surface area contributed by atoms with E-state index in [0.29, 0.717) is 17.7 Å². The van der Waals surface area contributed by atoms with Crippen molar-refractivity contribution in [3.63, 3.8) is 0 Å². The van der Waals surface area contributed by atoms with Crippen molar-refractivity contribution in [2.45, 2.75) is 27.3 Å². The summed E-state index contributed by atoms with van der Waals surface area (Å²) in [5, 5.41) is 3.20. The molecule has 1 nitrogen and oxygen atoms in total. The largest absolute Gasteiger partial charge is 0.313 e. The molecule has 20 heavy (non-hydrogen) atoms. The topological polar surface area (TPSA) is 12.0 Å². The van der Waals surface area contributed by atoms with Gasteiger partial charge in [-0.3, -0.25) is 0 Å². The summed E-state index contributed by atoms with van der Waals surface area (Å²) in [6.45, 7) is 7.12. The van der Waals surface area contributed by atoms with Gasteiger partial charge in [-0.15, -0.1) is 0 Å². The van der Waals surface area contributed by atoms with E-state index >= 15 is 0 Å². The molecule has 0 atom stereocenters. The predicted octanol–water partition coefficient (Wildman–Crippen LogP) is 4.36. The Kier molecular flexibility index (Phi) is 4.50. The number of halogens is 2. The lowest BCUT2D eigenvalue weighted by Crippen LogP contribution is -2.13. The van der Waals surface area contributed by atoms with E-state index in [2.05, 4.69) is 5.32 Å². The molecule has 0 radical (unpaired) electrons. The van der Waals surface area contributed by atoms with Gasteiger partial charge in [0.2, 0.25) is 0 Å². The maximum Gasteiger partial charge on any atom is 0.131 e. The van der Waals surface area contributed by atoms with Crippen molar-refractivity contribution >= 4 is 0 Å². The summed E-state index contributed by atoms with van der Waals surface area (Å²) in [6.07, 6.45) is 0. The molecule has 0 aromatic heterocycles. The van der Waals surface area contributed by atoms with Crippen LogP contribution in [0.2, 0.25) is 0 Å². The molecule has 2 aromatic carbocycles. The second-order valence-electron chi connectivity index (χ2n) is 5.02. The van der Waals surface area contributed by atoms with Gasteiger partial charge in [-0.25, -0.2) is 8.78 Å². The molecule has 0 bridgehead atoms. The molecule has 0 amide bonds. The molecular formula is C17H19F2N. The van der Waals surface area contributed by atoms with Crippen molar-refractivity contribution in [3.8, 4) is 11.1 Å². The number of hydrogen-bond donors (Lipinski definition) is 1. The van der Waals surface area contributed by atoms with Crippen molar-refractivity contribution in [3.05, 3.63) is 58.7 Å². The van der Waals surface area contributed by atoms with E-state index in [1.165, 1.54) is 18.2 Å². The quantitative estimate of drug-likeness (QED) is 0.874. The molecule has 0 fully saturated rings. The Morgan fingerprint density at radius 3 is 2.45 bits per heavy atom. The average molecular weight is 275 g/mol. The smallest absolute Gasteiger partial charge is 0.131 e. The molecule has 0 saturated carbocycles. The second-order valence-corrected chi connectivity index (χ2v) is 5.02. The minimum Gasteiger partial charge on any atom is -0.313 e. The summed E-state index contributed by atoms with van der Waals surface area (Å²) < 4.78 is 27.8. The highest BCUT2D eigenvalue weighted by atomic mass is 19.1. The Morgan fingerprint density at radius 2 is 1.80 bits per heavy atom. The average Bonchev–Trinajstić information content (AvgIpc) is 2.36. The zero-order chi connectivity index (χ0) is 14.7. The summed E-state index contributed by atoms with van der Waals surface area (Å²) in [5.74, 6) is -0.648. The Labute approximate surface area is 118 Å². The molecule has 3 heteroatoms. The Balaban J connectivity index is 2.59. The van der Waals surface area contributed by atoms with Gasteiger partial charge in [-0.05, 0) is 60.8 Å². The Morgan fingerprint density at radius 1 is 1.05 bits per heavy atom. The first-order valence-electron chi connectivity index (χ1n) is 6.79. The lowest BCUT2D eigenvalue weighted by atomic mass is 9.94. The van der Waals surface area contributed by atoms with Crippen LogP contribution in [0.4, 0.5) is 8.78 Å². The first-order valence-corrected chi connectivity index (χ1v) is 6.79. The van der Waals surface area contributed by atoms with Crippen LogP contribution >= 0.6 is 0 Å². The first-order chi connectivity index (χ1) is 9.52. The molecule has 0 saturated heterocycles. The van der Waals surface area contributed by atoms with Gasteiger partial charge in [-0.1, -0.05) is 19.1 Å². The van der Waals surface area contributed by atoms with Gasteiger partial charge in [0.15, 0.2) is 0 Å². The van der Waals surface area contributed by atoms with E-state index in [-0.39, 0.29) is 11.6 Å². The van der Waals surface area contributed by atoms with Gasteiger partial charge in [0.25, 0.3) is 0 Å². The van der Waals surface area contributed by atoms with E-state index in [1.807, 2.05) is 26.8 Å². The predicted molar refractivity (Wildman–Crippen MR) is 78.6 cm³/mol. The van der Waals surface area contributed by atoms with Crippen LogP contribution in [0.3, 0.4) is 0 Å². The Hall–Kier alpha value is -1.74. The van der Waals surface area contributed by atoms with Crippen LogP contribution in [0, 0.1) is 25.5 Å². The molecular weight excluding hydrogens is 256 g/mol. The van der Waals surface area contributed by atoms with E-state index in [1.54, 1.807) is 6.07 Å². The van der Waals surface area contributed by atoms with Crippen LogP contribution in [0.15, 0.2) is 30.3 Å². The molecule has 0 spiro atoms. The fourth-order valence-electron chi connectivity index (χ4n) is 2.45. The number of rotatable bonds is 4. The third kappa shape index (κ3) is 3.05. The van der Waals surface area contributed by atoms with Crippen LogP contribution in [-0.4, -0.2) is 6.54 Å². The van der Waals surface area contributed by atoms with Crippen LogP contribution in [0.25, 0.3) is 11.1 Å². The van der Waals surface area contributed by atoms with Crippen molar-refractivity contribution in [1.29, 1.82) is 0 Å². The highest BCUT2D eigenvalue weighted by Crippen LogP contribution is 2.31. The molecule has 2 aromatic rings. The van der Waals surface area contributed by atoms with Crippen molar-refractivity contribution in [2.24, 2.45) is 0 Å². The minimum absolute atomic E-state index is 0.300. The van der Waals surface area contributed by atoms with Gasteiger partial charge in [0, 0.05) is 12.1 Å². The lowest BCUT2D eigenvalue weighted by molar-refractivity contribution is 0.621. The molecule has 0 aliphatic heterocycles. The lowest BCUT2D eigenvalue weighted by Gasteiger charge is -2.14. The van der Waals surface area contributed by atoms with Gasteiger partial charge in [0.05, 0.1) is 0 Å². The maximum atomic E-state index is 14.3. The highest BCUT2D eigenvalue weighted by molar-refractivity contribution is 5.71. The van der Waals surface area contributed by atoms with Gasteiger partial charge in [0.1, 0.15) is 11.6 Å². The van der Waals surface area contributed by atoms with E-state index in [4.69, 9.17) is 0 Å². The second kappa shape index (κ2) is 6.14. The third-order valence-corrected chi connectivity index (χ3v) is 3.34. The number of aryl methyl sites for hydroxylation is 2. The van der Waals surface area contributed by atoms with Crippen LogP contribution in [0.5, 0.6) is 0 Å². The van der Waals surface area contributed by atoms with Crippen LogP contribution in [0.1, 0.15) is 23.6 Å². The molecule has 0 aliphatic rings. The number of nitrogens with one attached hydrogen (secondary N) is 1. The summed E-state index contributed by atoms with van der Waals surface area (Å²) in [5.41, 5.74) is 3.71. The van der Waals surface area contributed by atoms with E-state index in [9.17, 15) is 8.78 Å². The summed E-state index contributed by atoms with van der Waals surface area (Å²) in [4.78, 5) is 0. The number of benzene rings is 2.